The minimum atomic E-state index is -1.29. The van der Waals surface area contributed by atoms with Crippen LogP contribution in [0.4, 0.5) is 5.95 Å². The third-order valence-electron chi connectivity index (χ3n) is 3.68. The first-order chi connectivity index (χ1) is 10.4. The molecule has 0 radical (unpaired) electrons. The number of H-pyrrole nitrogens is 1. The van der Waals surface area contributed by atoms with Gasteiger partial charge in [0.05, 0.1) is 19.0 Å². The van der Waals surface area contributed by atoms with Gasteiger partial charge in [0.2, 0.25) is 5.95 Å². The molecule has 3 rings (SSSR count). The summed E-state index contributed by atoms with van der Waals surface area (Å²) in [5.41, 5.74) is 10.8. The van der Waals surface area contributed by atoms with E-state index in [4.69, 9.17) is 16.2 Å². The quantitative estimate of drug-likeness (QED) is 0.329. The van der Waals surface area contributed by atoms with Crippen LogP contribution in [-0.2, 0) is 4.74 Å². The molecule has 22 heavy (non-hydrogen) atoms. The first-order valence-corrected chi connectivity index (χ1v) is 6.54. The van der Waals surface area contributed by atoms with Crippen LogP contribution >= 0.6 is 0 Å². The number of rotatable bonds is 2. The minimum absolute atomic E-state index is 0.0187. The van der Waals surface area contributed by atoms with E-state index in [-0.39, 0.29) is 17.1 Å². The van der Waals surface area contributed by atoms with Gasteiger partial charge in [-0.1, -0.05) is 0 Å². The van der Waals surface area contributed by atoms with Crippen molar-refractivity contribution in [1.29, 1.82) is 0 Å². The Hall–Kier alpha value is -2.05. The number of aliphatic hydroxyl groups is 3. The average molecular weight is 312 g/mol. The molecule has 0 amide bonds. The number of hydrogen-bond donors (Lipinski definition) is 6. The molecule has 120 valence electrons. The SMILES string of the molecule is Nc1nc2c(ncn2[C@@H]2O[C@H](CO)[C@@H](O)[C@H](N)[C@H]2O)c(=O)[nH]1. The Labute approximate surface area is 123 Å². The van der Waals surface area contributed by atoms with E-state index in [1.54, 1.807) is 0 Å². The van der Waals surface area contributed by atoms with E-state index in [2.05, 4.69) is 15.0 Å². The number of aromatic nitrogens is 4. The summed E-state index contributed by atoms with van der Waals surface area (Å²) in [5.74, 6) is -0.118. The molecule has 8 N–H and O–H groups in total. The number of nitrogens with zero attached hydrogens (tertiary/aromatic N) is 3. The molecule has 0 bridgehead atoms. The van der Waals surface area contributed by atoms with Gasteiger partial charge in [-0.25, -0.2) is 4.98 Å². The molecule has 0 aromatic carbocycles. The maximum absolute atomic E-state index is 11.8. The van der Waals surface area contributed by atoms with Crippen molar-refractivity contribution in [3.8, 4) is 0 Å². The van der Waals surface area contributed by atoms with Gasteiger partial charge in [-0.05, 0) is 0 Å². The Bertz CT molecular complexity index is 742. The van der Waals surface area contributed by atoms with Crippen LogP contribution in [0.5, 0.6) is 0 Å². The second-order valence-electron chi connectivity index (χ2n) is 5.08. The molecule has 2 aromatic heterocycles. The van der Waals surface area contributed by atoms with Gasteiger partial charge in [-0.15, -0.1) is 0 Å². The average Bonchev–Trinajstić information content (AvgIpc) is 2.89. The summed E-state index contributed by atoms with van der Waals surface area (Å²) in [5, 5.41) is 29.3. The highest BCUT2D eigenvalue weighted by atomic mass is 16.5. The van der Waals surface area contributed by atoms with Crippen LogP contribution < -0.4 is 17.0 Å². The van der Waals surface area contributed by atoms with Crippen LogP contribution in [0, 0.1) is 0 Å². The topological polar surface area (TPSA) is 186 Å². The molecule has 3 heterocycles. The summed E-state index contributed by atoms with van der Waals surface area (Å²) in [6.45, 7) is -0.485. The Morgan fingerprint density at radius 1 is 1.41 bits per heavy atom. The fourth-order valence-corrected chi connectivity index (χ4v) is 2.49. The highest BCUT2D eigenvalue weighted by molar-refractivity contribution is 5.70. The summed E-state index contributed by atoms with van der Waals surface area (Å²) < 4.78 is 6.75. The molecule has 11 nitrogen and oxygen atoms in total. The van der Waals surface area contributed by atoms with Crippen LogP contribution in [0.25, 0.3) is 11.2 Å². The molecule has 1 aliphatic heterocycles. The Morgan fingerprint density at radius 2 is 2.14 bits per heavy atom. The molecule has 1 aliphatic rings. The number of hydrogen-bond acceptors (Lipinski definition) is 9. The molecule has 0 saturated carbocycles. The second-order valence-corrected chi connectivity index (χ2v) is 5.08. The Balaban J connectivity index is 2.08. The number of aromatic amines is 1. The maximum atomic E-state index is 11.8. The summed E-state index contributed by atoms with van der Waals surface area (Å²) in [7, 11) is 0. The second kappa shape index (κ2) is 5.30. The number of nitrogen functional groups attached to an aromatic ring is 1. The highest BCUT2D eigenvalue weighted by Crippen LogP contribution is 2.28. The number of fused-ring (bicyclic) bond motifs is 1. The van der Waals surface area contributed by atoms with E-state index >= 15 is 0 Å². The number of nitrogens with two attached hydrogens (primary N) is 2. The van der Waals surface area contributed by atoms with Crippen molar-refractivity contribution in [2.45, 2.75) is 30.6 Å². The number of anilines is 1. The van der Waals surface area contributed by atoms with Gasteiger partial charge in [0.25, 0.3) is 5.56 Å². The molecule has 1 saturated heterocycles. The molecule has 0 spiro atoms. The normalized spacial score (nSPS) is 32.5. The zero-order chi connectivity index (χ0) is 16.0. The zero-order valence-corrected chi connectivity index (χ0v) is 11.3. The van der Waals surface area contributed by atoms with E-state index in [0.717, 1.165) is 0 Å². The van der Waals surface area contributed by atoms with Gasteiger partial charge in [0, 0.05) is 0 Å². The largest absolute Gasteiger partial charge is 0.394 e. The number of ether oxygens (including phenoxy) is 1. The molecule has 1 fully saturated rings. The van der Waals surface area contributed by atoms with Crippen LogP contribution in [0.1, 0.15) is 6.23 Å². The standard InChI is InChI=1S/C11H16N6O5/c12-4-6(19)3(1-18)22-10(7(4)20)17-2-14-5-8(17)15-11(13)16-9(5)21/h2-4,6-7,10,18-20H,1,12H2,(H3,13,15,16,21)/t3-,4+,6-,7-,10-/m1/s1. The predicted molar refractivity (Wildman–Crippen MR) is 73.5 cm³/mol. The summed E-state index contributed by atoms with van der Waals surface area (Å²) in [4.78, 5) is 21.9. The van der Waals surface area contributed by atoms with Crippen molar-refractivity contribution in [3.05, 3.63) is 16.7 Å². The number of nitrogens with one attached hydrogen (secondary N) is 1. The van der Waals surface area contributed by atoms with Crippen LogP contribution in [0.3, 0.4) is 0 Å². The molecule has 5 atom stereocenters. The summed E-state index contributed by atoms with van der Waals surface area (Å²) >= 11 is 0. The van der Waals surface area contributed by atoms with Crippen LogP contribution in [-0.4, -0.2) is 65.8 Å². The van der Waals surface area contributed by atoms with Crippen molar-refractivity contribution in [2.75, 3.05) is 12.3 Å². The fourth-order valence-electron chi connectivity index (χ4n) is 2.49. The van der Waals surface area contributed by atoms with Crippen molar-refractivity contribution in [3.63, 3.8) is 0 Å². The lowest BCUT2D eigenvalue weighted by Gasteiger charge is -2.41. The van der Waals surface area contributed by atoms with E-state index < -0.39 is 42.7 Å². The maximum Gasteiger partial charge on any atom is 0.280 e. The third-order valence-corrected chi connectivity index (χ3v) is 3.68. The number of aliphatic hydroxyl groups excluding tert-OH is 3. The van der Waals surface area contributed by atoms with Gasteiger partial charge in [-0.3, -0.25) is 14.3 Å². The molecular formula is C11H16N6O5. The Morgan fingerprint density at radius 3 is 2.82 bits per heavy atom. The lowest BCUT2D eigenvalue weighted by atomic mass is 9.96. The van der Waals surface area contributed by atoms with Gasteiger partial charge < -0.3 is 31.5 Å². The van der Waals surface area contributed by atoms with E-state index in [9.17, 15) is 20.1 Å². The van der Waals surface area contributed by atoms with Crippen molar-refractivity contribution >= 4 is 17.1 Å². The van der Waals surface area contributed by atoms with Crippen molar-refractivity contribution in [2.24, 2.45) is 5.73 Å². The lowest BCUT2D eigenvalue weighted by molar-refractivity contribution is -0.213. The molecular weight excluding hydrogens is 296 g/mol. The van der Waals surface area contributed by atoms with Crippen molar-refractivity contribution < 1.29 is 20.1 Å². The monoisotopic (exact) mass is 312 g/mol. The summed E-state index contributed by atoms with van der Waals surface area (Å²) in [6.07, 6.45) is -3.33. The Kier molecular flexibility index (Phi) is 3.58. The first-order valence-electron chi connectivity index (χ1n) is 6.54. The fraction of sp³-hybridized carbons (Fsp3) is 0.545. The minimum Gasteiger partial charge on any atom is -0.394 e. The van der Waals surface area contributed by atoms with Gasteiger partial charge >= 0.3 is 0 Å². The van der Waals surface area contributed by atoms with Crippen LogP contribution in [0.2, 0.25) is 0 Å². The van der Waals surface area contributed by atoms with Gasteiger partial charge in [0.1, 0.15) is 18.3 Å². The molecule has 0 aliphatic carbocycles. The van der Waals surface area contributed by atoms with Gasteiger partial charge in [0.15, 0.2) is 17.4 Å². The van der Waals surface area contributed by atoms with E-state index in [1.807, 2.05) is 0 Å². The van der Waals surface area contributed by atoms with E-state index in [0.29, 0.717) is 0 Å². The van der Waals surface area contributed by atoms with E-state index in [1.165, 1.54) is 10.9 Å². The number of imidazole rings is 1. The molecule has 2 aromatic rings. The van der Waals surface area contributed by atoms with Crippen molar-refractivity contribution in [1.82, 2.24) is 19.5 Å². The molecule has 11 heteroatoms. The zero-order valence-electron chi connectivity index (χ0n) is 11.3. The predicted octanol–water partition coefficient (Wildman–Crippen LogP) is -3.36. The first kappa shape index (κ1) is 14.9. The highest BCUT2D eigenvalue weighted by Gasteiger charge is 2.43. The van der Waals surface area contributed by atoms with Crippen LogP contribution in [0.15, 0.2) is 11.1 Å². The third kappa shape index (κ3) is 2.15. The smallest absolute Gasteiger partial charge is 0.280 e. The summed E-state index contributed by atoms with van der Waals surface area (Å²) in [6, 6.07) is -1.05. The van der Waals surface area contributed by atoms with Gasteiger partial charge in [-0.2, -0.15) is 4.98 Å². The lowest BCUT2D eigenvalue weighted by Crippen LogP contribution is -2.60. The molecule has 0 unspecified atom stereocenters.